The summed E-state index contributed by atoms with van der Waals surface area (Å²) in [6.07, 6.45) is 0. The largest absolute Gasteiger partial charge is 0.494 e. The third kappa shape index (κ3) is 2.52. The van der Waals surface area contributed by atoms with Crippen LogP contribution in [0.2, 0.25) is 0 Å². The molecule has 0 amide bonds. The van der Waals surface area contributed by atoms with Gasteiger partial charge < -0.3 is 4.74 Å². The molecule has 0 aliphatic carbocycles. The minimum Gasteiger partial charge on any atom is -0.494 e. The van der Waals surface area contributed by atoms with Crippen LogP contribution < -0.4 is 4.74 Å². The number of ether oxygens (including phenoxy) is 1. The summed E-state index contributed by atoms with van der Waals surface area (Å²) in [5.74, 6) is -3.17. The number of benzene rings is 2. The van der Waals surface area contributed by atoms with Crippen molar-refractivity contribution in [3.05, 3.63) is 64.5 Å². The van der Waals surface area contributed by atoms with E-state index in [0.29, 0.717) is 6.07 Å². The van der Waals surface area contributed by atoms with Crippen LogP contribution in [0.3, 0.4) is 0 Å². The maximum absolute atomic E-state index is 13.6. The zero-order valence-corrected chi connectivity index (χ0v) is 10.8. The summed E-state index contributed by atoms with van der Waals surface area (Å²) in [4.78, 5) is 12.1. The van der Waals surface area contributed by atoms with Gasteiger partial charge in [0.25, 0.3) is 0 Å². The number of methoxy groups -OCH3 is 1. The second-order valence-electron chi connectivity index (χ2n) is 4.26. The van der Waals surface area contributed by atoms with E-state index in [-0.39, 0.29) is 22.4 Å². The molecule has 20 heavy (non-hydrogen) atoms. The quantitative estimate of drug-likeness (QED) is 0.802. The molecule has 0 saturated heterocycles. The topological polar surface area (TPSA) is 26.3 Å². The number of aryl methyl sites for hydroxylation is 1. The lowest BCUT2D eigenvalue weighted by molar-refractivity contribution is 0.103. The smallest absolute Gasteiger partial charge is 0.196 e. The summed E-state index contributed by atoms with van der Waals surface area (Å²) in [5.41, 5.74) is -0.189. The molecule has 0 fully saturated rings. The molecule has 0 aliphatic heterocycles. The van der Waals surface area contributed by atoms with Crippen molar-refractivity contribution in [3.63, 3.8) is 0 Å². The molecule has 104 valence electrons. The molecule has 2 rings (SSSR count). The van der Waals surface area contributed by atoms with Crippen molar-refractivity contribution in [2.24, 2.45) is 0 Å². The minimum atomic E-state index is -0.977. The van der Waals surface area contributed by atoms with Crippen LogP contribution >= 0.6 is 0 Å². The van der Waals surface area contributed by atoms with Gasteiger partial charge in [0.15, 0.2) is 17.3 Å². The van der Waals surface area contributed by atoms with Gasteiger partial charge in [0.05, 0.1) is 12.7 Å². The minimum absolute atomic E-state index is 0.0164. The average molecular weight is 280 g/mol. The highest BCUT2D eigenvalue weighted by Crippen LogP contribution is 2.22. The molecule has 0 heterocycles. The van der Waals surface area contributed by atoms with Crippen molar-refractivity contribution >= 4 is 5.78 Å². The number of halogens is 3. The first kappa shape index (κ1) is 14.1. The lowest BCUT2D eigenvalue weighted by atomic mass is 10.0. The summed E-state index contributed by atoms with van der Waals surface area (Å²) < 4.78 is 45.1. The monoisotopic (exact) mass is 280 g/mol. The molecular weight excluding hydrogens is 269 g/mol. The Bertz CT molecular complexity index is 681. The molecule has 0 atom stereocenters. The summed E-state index contributed by atoms with van der Waals surface area (Å²) >= 11 is 0. The van der Waals surface area contributed by atoms with Crippen molar-refractivity contribution in [3.8, 4) is 5.75 Å². The van der Waals surface area contributed by atoms with E-state index in [4.69, 9.17) is 4.74 Å². The van der Waals surface area contributed by atoms with E-state index in [1.165, 1.54) is 26.2 Å². The van der Waals surface area contributed by atoms with Gasteiger partial charge >= 0.3 is 0 Å². The zero-order chi connectivity index (χ0) is 14.9. The van der Waals surface area contributed by atoms with E-state index >= 15 is 0 Å². The van der Waals surface area contributed by atoms with Crippen molar-refractivity contribution < 1.29 is 22.7 Å². The fourth-order valence-electron chi connectivity index (χ4n) is 1.79. The van der Waals surface area contributed by atoms with Crippen LogP contribution in [0.25, 0.3) is 0 Å². The van der Waals surface area contributed by atoms with Crippen molar-refractivity contribution in [2.75, 3.05) is 7.11 Å². The summed E-state index contributed by atoms with van der Waals surface area (Å²) in [5, 5.41) is 0. The second-order valence-corrected chi connectivity index (χ2v) is 4.26. The molecule has 0 radical (unpaired) electrons. The highest BCUT2D eigenvalue weighted by molar-refractivity contribution is 6.09. The lowest BCUT2D eigenvalue weighted by Crippen LogP contribution is -2.06. The van der Waals surface area contributed by atoms with Gasteiger partial charge in [-0.25, -0.2) is 13.2 Å². The molecule has 0 unspecified atom stereocenters. The van der Waals surface area contributed by atoms with Gasteiger partial charge in [-0.2, -0.15) is 0 Å². The van der Waals surface area contributed by atoms with Gasteiger partial charge in [0.1, 0.15) is 11.6 Å². The molecule has 0 spiro atoms. The second kappa shape index (κ2) is 5.36. The van der Waals surface area contributed by atoms with Crippen LogP contribution in [0, 0.1) is 24.4 Å². The van der Waals surface area contributed by atoms with Gasteiger partial charge in [0.2, 0.25) is 0 Å². The molecule has 0 bridgehead atoms. The molecular formula is C15H11F3O2. The Morgan fingerprint density at radius 3 is 2.30 bits per heavy atom. The summed E-state index contributed by atoms with van der Waals surface area (Å²) in [6, 6.07) is 5.30. The van der Waals surface area contributed by atoms with Crippen LogP contribution in [0.15, 0.2) is 30.3 Å². The zero-order valence-electron chi connectivity index (χ0n) is 10.8. The molecule has 2 aromatic rings. The standard InChI is InChI=1S/C15H11F3O2/c1-8-5-10(12(17)7-11(8)16)15(19)9-3-4-14(20-2)13(18)6-9/h3-7H,1-2H3. The Hall–Kier alpha value is -2.30. The lowest BCUT2D eigenvalue weighted by Gasteiger charge is -2.07. The number of carbonyl (C=O) groups excluding carboxylic acids is 1. The van der Waals surface area contributed by atoms with E-state index < -0.39 is 23.2 Å². The number of ketones is 1. The number of carbonyl (C=O) groups is 1. The van der Waals surface area contributed by atoms with E-state index in [1.54, 1.807) is 0 Å². The maximum atomic E-state index is 13.6. The van der Waals surface area contributed by atoms with Gasteiger partial charge in [-0.05, 0) is 36.8 Å². The van der Waals surface area contributed by atoms with Gasteiger partial charge in [-0.3, -0.25) is 4.79 Å². The van der Waals surface area contributed by atoms with Crippen molar-refractivity contribution in [1.29, 1.82) is 0 Å². The van der Waals surface area contributed by atoms with E-state index in [0.717, 1.165) is 12.1 Å². The fourth-order valence-corrected chi connectivity index (χ4v) is 1.79. The Morgan fingerprint density at radius 2 is 1.70 bits per heavy atom. The molecule has 5 heteroatoms. The number of rotatable bonds is 3. The Balaban J connectivity index is 2.46. The first-order chi connectivity index (χ1) is 9.43. The van der Waals surface area contributed by atoms with Crippen LogP contribution in [0.4, 0.5) is 13.2 Å². The highest BCUT2D eigenvalue weighted by atomic mass is 19.1. The molecule has 0 aliphatic rings. The number of hydrogen-bond acceptors (Lipinski definition) is 2. The van der Waals surface area contributed by atoms with Crippen LogP contribution in [-0.2, 0) is 0 Å². The van der Waals surface area contributed by atoms with Crippen LogP contribution in [0.5, 0.6) is 5.75 Å². The Labute approximate surface area is 113 Å². The summed E-state index contributed by atoms with van der Waals surface area (Å²) in [7, 11) is 1.29. The third-order valence-electron chi connectivity index (χ3n) is 2.91. The molecule has 0 saturated carbocycles. The molecule has 0 N–H and O–H groups in total. The third-order valence-corrected chi connectivity index (χ3v) is 2.91. The average Bonchev–Trinajstić information content (AvgIpc) is 2.42. The van der Waals surface area contributed by atoms with Gasteiger partial charge in [-0.15, -0.1) is 0 Å². The van der Waals surface area contributed by atoms with Crippen LogP contribution in [-0.4, -0.2) is 12.9 Å². The van der Waals surface area contributed by atoms with Gasteiger partial charge in [0, 0.05) is 11.6 Å². The Morgan fingerprint density at radius 1 is 1.00 bits per heavy atom. The molecule has 2 nitrogen and oxygen atoms in total. The maximum Gasteiger partial charge on any atom is 0.196 e. The number of hydrogen-bond donors (Lipinski definition) is 0. The highest BCUT2D eigenvalue weighted by Gasteiger charge is 2.17. The van der Waals surface area contributed by atoms with Crippen LogP contribution in [0.1, 0.15) is 21.5 Å². The predicted octanol–water partition coefficient (Wildman–Crippen LogP) is 3.65. The van der Waals surface area contributed by atoms with Gasteiger partial charge in [-0.1, -0.05) is 0 Å². The molecule has 2 aromatic carbocycles. The van der Waals surface area contributed by atoms with Crippen molar-refractivity contribution in [1.82, 2.24) is 0 Å². The first-order valence-electron chi connectivity index (χ1n) is 5.78. The Kier molecular flexibility index (Phi) is 3.79. The van der Waals surface area contributed by atoms with E-state index in [9.17, 15) is 18.0 Å². The van der Waals surface area contributed by atoms with E-state index in [1.807, 2.05) is 0 Å². The SMILES string of the molecule is COc1ccc(C(=O)c2cc(C)c(F)cc2F)cc1F. The fraction of sp³-hybridized carbons (Fsp3) is 0.133. The predicted molar refractivity (Wildman–Crippen MR) is 67.5 cm³/mol. The first-order valence-corrected chi connectivity index (χ1v) is 5.78. The normalized spacial score (nSPS) is 10.4. The molecule has 0 aromatic heterocycles. The van der Waals surface area contributed by atoms with E-state index in [2.05, 4.69) is 0 Å². The van der Waals surface area contributed by atoms with Crippen molar-refractivity contribution in [2.45, 2.75) is 6.92 Å². The summed E-state index contributed by atoms with van der Waals surface area (Å²) in [6.45, 7) is 1.42.